The smallest absolute Gasteiger partial charge is 0.306 e. The van der Waals surface area contributed by atoms with E-state index in [1.165, 1.54) is 238 Å². The molecule has 85 heavy (non-hydrogen) atoms. The Morgan fingerprint density at radius 3 is 1.24 bits per heavy atom. The van der Waals surface area contributed by atoms with E-state index in [-0.39, 0.29) is 13.0 Å². The molecule has 8 atom stereocenters. The van der Waals surface area contributed by atoms with Crippen molar-refractivity contribution in [1.82, 2.24) is 5.32 Å². The summed E-state index contributed by atoms with van der Waals surface area (Å²) in [5, 5.41) is 57.3. The Morgan fingerprint density at radius 2 is 0.812 bits per heavy atom. The van der Waals surface area contributed by atoms with Gasteiger partial charge in [-0.05, 0) is 83.5 Å². The van der Waals surface area contributed by atoms with Gasteiger partial charge in [-0.25, -0.2) is 0 Å². The second kappa shape index (κ2) is 61.8. The lowest BCUT2D eigenvalue weighted by molar-refractivity contribution is -0.305. The average molecular weight is 1200 g/mol. The molecule has 11 nitrogen and oxygen atoms in total. The number of rotatable bonds is 63. The Kier molecular flexibility index (Phi) is 58.7. The van der Waals surface area contributed by atoms with Crippen molar-refractivity contribution in [2.45, 2.75) is 397 Å². The molecule has 498 valence electrons. The fourth-order valence-electron chi connectivity index (χ4n) is 11.4. The van der Waals surface area contributed by atoms with Gasteiger partial charge in [0.2, 0.25) is 5.91 Å². The molecule has 0 aliphatic carbocycles. The van der Waals surface area contributed by atoms with E-state index in [9.17, 15) is 35.1 Å². The number of aliphatic hydroxyl groups is 5. The zero-order valence-corrected chi connectivity index (χ0v) is 55.5. The van der Waals surface area contributed by atoms with Crippen molar-refractivity contribution in [3.63, 3.8) is 0 Å². The third-order valence-electron chi connectivity index (χ3n) is 17.2. The molecule has 0 radical (unpaired) electrons. The van der Waals surface area contributed by atoms with Crippen LogP contribution in [0.5, 0.6) is 0 Å². The fourth-order valence-corrected chi connectivity index (χ4v) is 11.4. The van der Waals surface area contributed by atoms with Gasteiger partial charge < -0.3 is 45.1 Å². The third-order valence-corrected chi connectivity index (χ3v) is 17.2. The van der Waals surface area contributed by atoms with Crippen LogP contribution >= 0.6 is 0 Å². The molecule has 0 aromatic rings. The summed E-state index contributed by atoms with van der Waals surface area (Å²) < 4.78 is 17.7. The van der Waals surface area contributed by atoms with E-state index >= 15 is 0 Å². The quantitative estimate of drug-likeness (QED) is 0.0195. The second-order valence-electron chi connectivity index (χ2n) is 25.3. The SMILES string of the molecule is CCCCC/C=C\C/C=C\CCCCCCCCCCCCCCCCC(O)C(=O)NC(COC1OC(CO)C(O)C(O)C1OC(=O)CCCCCCCCCCC/C=C/CCCCCCCC)C(O)/C=C/CCCCCCCCCCCCC. The molecule has 8 unspecified atom stereocenters. The summed E-state index contributed by atoms with van der Waals surface area (Å²) >= 11 is 0. The van der Waals surface area contributed by atoms with Crippen LogP contribution in [-0.4, -0.2) is 99.6 Å². The van der Waals surface area contributed by atoms with Gasteiger partial charge in [-0.3, -0.25) is 9.59 Å². The first-order valence-corrected chi connectivity index (χ1v) is 36.4. The monoisotopic (exact) mass is 1200 g/mol. The number of carbonyl (C=O) groups excluding carboxylic acids is 2. The van der Waals surface area contributed by atoms with Gasteiger partial charge in [0.1, 0.15) is 24.4 Å². The highest BCUT2D eigenvalue weighted by Gasteiger charge is 2.47. The van der Waals surface area contributed by atoms with Crippen LogP contribution in [0.2, 0.25) is 0 Å². The Morgan fingerprint density at radius 1 is 0.459 bits per heavy atom. The second-order valence-corrected chi connectivity index (χ2v) is 25.3. The molecule has 1 fully saturated rings. The minimum atomic E-state index is -1.61. The van der Waals surface area contributed by atoms with E-state index in [1.54, 1.807) is 6.08 Å². The van der Waals surface area contributed by atoms with Crippen molar-refractivity contribution in [2.75, 3.05) is 13.2 Å². The molecule has 0 bridgehead atoms. The van der Waals surface area contributed by atoms with E-state index in [4.69, 9.17) is 14.2 Å². The molecule has 11 heteroatoms. The predicted molar refractivity (Wildman–Crippen MR) is 357 cm³/mol. The molecule has 1 heterocycles. The van der Waals surface area contributed by atoms with Crippen LogP contribution < -0.4 is 5.32 Å². The van der Waals surface area contributed by atoms with Crippen molar-refractivity contribution < 1.29 is 49.3 Å². The van der Waals surface area contributed by atoms with Crippen molar-refractivity contribution in [3.8, 4) is 0 Å². The highest BCUT2D eigenvalue weighted by Crippen LogP contribution is 2.26. The molecule has 1 aliphatic heterocycles. The first kappa shape index (κ1) is 80.6. The molecule has 0 aromatic carbocycles. The molecule has 0 spiro atoms. The molecule has 1 aliphatic rings. The number of aliphatic hydroxyl groups excluding tert-OH is 5. The largest absolute Gasteiger partial charge is 0.454 e. The van der Waals surface area contributed by atoms with Crippen LogP contribution in [0.3, 0.4) is 0 Å². The van der Waals surface area contributed by atoms with Gasteiger partial charge in [-0.1, -0.05) is 307 Å². The Hall–Kier alpha value is -2.38. The van der Waals surface area contributed by atoms with Gasteiger partial charge in [0.05, 0.1) is 25.4 Å². The number of hydrogen-bond donors (Lipinski definition) is 6. The maximum Gasteiger partial charge on any atom is 0.306 e. The molecular weight excluding hydrogens is 1060 g/mol. The molecule has 6 N–H and O–H groups in total. The fraction of sp³-hybridized carbons (Fsp3) is 0.865. The van der Waals surface area contributed by atoms with Gasteiger partial charge >= 0.3 is 5.97 Å². The van der Waals surface area contributed by atoms with Crippen molar-refractivity contribution in [3.05, 3.63) is 48.6 Å². The summed E-state index contributed by atoms with van der Waals surface area (Å²) in [5.41, 5.74) is 0. The highest BCUT2D eigenvalue weighted by atomic mass is 16.7. The summed E-state index contributed by atoms with van der Waals surface area (Å²) in [6, 6.07) is -1.02. The van der Waals surface area contributed by atoms with Crippen molar-refractivity contribution >= 4 is 11.9 Å². The number of carbonyl (C=O) groups is 2. The standard InChI is InChI=1S/C74H137NO10/c1-4-7-10-13-16-19-22-25-27-29-31-32-33-34-35-37-38-40-43-46-49-52-55-58-61-67(78)73(82)75-65(66(77)60-57-54-51-48-45-42-24-21-18-15-12-9-6-3)64-83-74-72(71(81)70(80)68(63-76)84-74)85-69(79)62-59-56-53-50-47-44-41-39-36-30-28-26-23-20-17-14-11-8-5-2/h16,19,25-28,57,60,65-68,70-72,74,76-78,80-81H,4-15,17-18,20-24,29-56,58-59,61-64H2,1-3H3,(H,75,82)/b19-16-,27-25-,28-26+,60-57+. The zero-order valence-electron chi connectivity index (χ0n) is 55.5. The molecule has 1 amide bonds. The number of allylic oxidation sites excluding steroid dienone is 7. The van der Waals surface area contributed by atoms with E-state index in [0.717, 1.165) is 64.2 Å². The highest BCUT2D eigenvalue weighted by molar-refractivity contribution is 5.80. The number of esters is 1. The number of hydrogen-bond acceptors (Lipinski definition) is 10. The van der Waals surface area contributed by atoms with E-state index in [2.05, 4.69) is 62.5 Å². The Bertz CT molecular complexity index is 1570. The lowest BCUT2D eigenvalue weighted by atomic mass is 9.99. The third kappa shape index (κ3) is 49.1. The molecule has 1 rings (SSSR count). The van der Waals surface area contributed by atoms with Gasteiger partial charge in [-0.2, -0.15) is 0 Å². The van der Waals surface area contributed by atoms with Crippen LogP contribution in [0.25, 0.3) is 0 Å². The number of ether oxygens (including phenoxy) is 3. The first-order chi connectivity index (χ1) is 41.7. The van der Waals surface area contributed by atoms with Gasteiger partial charge in [0, 0.05) is 6.42 Å². The van der Waals surface area contributed by atoms with Crippen LogP contribution in [0.4, 0.5) is 0 Å². The number of nitrogens with one attached hydrogen (secondary N) is 1. The minimum Gasteiger partial charge on any atom is -0.454 e. The zero-order chi connectivity index (χ0) is 61.7. The average Bonchev–Trinajstić information content (AvgIpc) is 3.17. The molecule has 1 saturated heterocycles. The van der Waals surface area contributed by atoms with E-state index in [0.29, 0.717) is 19.3 Å². The summed E-state index contributed by atoms with van der Waals surface area (Å²) in [7, 11) is 0. The maximum absolute atomic E-state index is 13.5. The summed E-state index contributed by atoms with van der Waals surface area (Å²) in [6.07, 6.45) is 67.2. The Labute approximate surface area is 523 Å². The van der Waals surface area contributed by atoms with Crippen LogP contribution in [0.15, 0.2) is 48.6 Å². The van der Waals surface area contributed by atoms with E-state index in [1.807, 2.05) is 6.08 Å². The van der Waals surface area contributed by atoms with Crippen molar-refractivity contribution in [1.29, 1.82) is 0 Å². The van der Waals surface area contributed by atoms with Crippen molar-refractivity contribution in [2.24, 2.45) is 0 Å². The topological polar surface area (TPSA) is 175 Å². The van der Waals surface area contributed by atoms with Gasteiger partial charge in [0.25, 0.3) is 0 Å². The number of unbranched alkanes of at least 4 members (excludes halogenated alkanes) is 43. The van der Waals surface area contributed by atoms with E-state index < -0.39 is 67.4 Å². The molecule has 0 aromatic heterocycles. The summed E-state index contributed by atoms with van der Waals surface area (Å²) in [4.78, 5) is 26.7. The normalized spacial score (nSPS) is 18.6. The lowest BCUT2D eigenvalue weighted by Crippen LogP contribution is -2.61. The number of amides is 1. The Balaban J connectivity index is 2.57. The summed E-state index contributed by atoms with van der Waals surface area (Å²) in [5.74, 6) is -1.18. The minimum absolute atomic E-state index is 0.123. The summed E-state index contributed by atoms with van der Waals surface area (Å²) in [6.45, 7) is 5.81. The van der Waals surface area contributed by atoms with Crippen LogP contribution in [0, 0.1) is 0 Å². The lowest BCUT2D eigenvalue weighted by Gasteiger charge is -2.41. The molecular formula is C74H137NO10. The maximum atomic E-state index is 13.5. The molecule has 0 saturated carbocycles. The first-order valence-electron chi connectivity index (χ1n) is 36.4. The van der Waals surface area contributed by atoms with Crippen LogP contribution in [0.1, 0.15) is 348 Å². The van der Waals surface area contributed by atoms with Gasteiger partial charge in [-0.15, -0.1) is 0 Å². The van der Waals surface area contributed by atoms with Crippen LogP contribution in [-0.2, 0) is 23.8 Å². The van der Waals surface area contributed by atoms with Gasteiger partial charge in [0.15, 0.2) is 12.4 Å². The predicted octanol–water partition coefficient (Wildman–Crippen LogP) is 18.7.